The molecule has 1 N–H and O–H groups in total. The first-order valence-corrected chi connectivity index (χ1v) is 11.6. The Kier molecular flexibility index (Phi) is 9.15. The molecular weight excluding hydrogens is 443 g/mol. The van der Waals surface area contributed by atoms with E-state index in [1.54, 1.807) is 18.2 Å². The average molecular weight is 469 g/mol. The minimum atomic E-state index is -0.297. The molecular formula is C22H26Cl2N2O3S. The zero-order chi connectivity index (χ0) is 21.3. The third-order valence-electron chi connectivity index (χ3n) is 4.71. The van der Waals surface area contributed by atoms with Crippen LogP contribution >= 0.6 is 35.0 Å². The fourth-order valence-electron chi connectivity index (χ4n) is 3.01. The van der Waals surface area contributed by atoms with E-state index in [0.29, 0.717) is 23.2 Å². The van der Waals surface area contributed by atoms with Crippen LogP contribution in [0.3, 0.4) is 0 Å². The normalized spacial score (nSPS) is 15.6. The predicted octanol–water partition coefficient (Wildman–Crippen LogP) is 4.50. The molecule has 1 fully saturated rings. The van der Waals surface area contributed by atoms with Gasteiger partial charge in [0.2, 0.25) is 5.91 Å². The van der Waals surface area contributed by atoms with E-state index in [2.05, 4.69) is 10.2 Å². The first kappa shape index (κ1) is 23.2. The Labute approximate surface area is 192 Å². The summed E-state index contributed by atoms with van der Waals surface area (Å²) in [6.45, 7) is 7.27. The Morgan fingerprint density at radius 3 is 2.83 bits per heavy atom. The number of hydrogen-bond donors (Lipinski definition) is 1. The number of nitrogens with zero attached hydrogens (tertiary/aromatic N) is 1. The number of morpholine rings is 1. The number of halogens is 2. The van der Waals surface area contributed by atoms with Crippen LogP contribution in [0.2, 0.25) is 10.0 Å². The summed E-state index contributed by atoms with van der Waals surface area (Å²) in [5.74, 6) is 0.748. The SMILES string of the molecule is CC(Sc1cc(Cl)ccc1Cl)C(=O)NCc1cccc(OCCN2CCOCC2)c1. The molecule has 30 heavy (non-hydrogen) atoms. The molecule has 0 aliphatic carbocycles. The van der Waals surface area contributed by atoms with Gasteiger partial charge in [0, 0.05) is 36.1 Å². The second kappa shape index (κ2) is 11.8. The van der Waals surface area contributed by atoms with Crippen molar-refractivity contribution in [3.63, 3.8) is 0 Å². The Balaban J connectivity index is 1.44. The third-order valence-corrected chi connectivity index (χ3v) is 6.55. The van der Waals surface area contributed by atoms with Crippen molar-refractivity contribution in [2.24, 2.45) is 0 Å². The van der Waals surface area contributed by atoms with Crippen LogP contribution in [0.1, 0.15) is 12.5 Å². The minimum absolute atomic E-state index is 0.0605. The molecule has 1 atom stereocenters. The molecule has 0 aromatic heterocycles. The van der Waals surface area contributed by atoms with Gasteiger partial charge in [-0.25, -0.2) is 0 Å². The minimum Gasteiger partial charge on any atom is -0.492 e. The van der Waals surface area contributed by atoms with E-state index in [9.17, 15) is 4.79 Å². The molecule has 3 rings (SSSR count). The molecule has 162 valence electrons. The summed E-state index contributed by atoms with van der Waals surface area (Å²) < 4.78 is 11.2. The Bertz CT molecular complexity index is 847. The van der Waals surface area contributed by atoms with Crippen LogP contribution in [-0.2, 0) is 16.1 Å². The Hall–Kier alpha value is -1.44. The summed E-state index contributed by atoms with van der Waals surface area (Å²) in [5.41, 5.74) is 0.991. The number of benzene rings is 2. The maximum Gasteiger partial charge on any atom is 0.233 e. The quantitative estimate of drug-likeness (QED) is 0.548. The largest absolute Gasteiger partial charge is 0.492 e. The van der Waals surface area contributed by atoms with Crippen molar-refractivity contribution in [2.75, 3.05) is 39.5 Å². The number of nitrogens with one attached hydrogen (secondary N) is 1. The van der Waals surface area contributed by atoms with Gasteiger partial charge in [0.1, 0.15) is 12.4 Å². The van der Waals surface area contributed by atoms with Crippen LogP contribution in [0.4, 0.5) is 0 Å². The van der Waals surface area contributed by atoms with Gasteiger partial charge >= 0.3 is 0 Å². The number of hydrogen-bond acceptors (Lipinski definition) is 5. The van der Waals surface area contributed by atoms with Crippen molar-refractivity contribution in [1.82, 2.24) is 10.2 Å². The number of rotatable bonds is 9. The lowest BCUT2D eigenvalue weighted by atomic mass is 10.2. The third kappa shape index (κ3) is 7.36. The predicted molar refractivity (Wildman–Crippen MR) is 123 cm³/mol. The molecule has 1 unspecified atom stereocenters. The van der Waals surface area contributed by atoms with E-state index in [-0.39, 0.29) is 11.2 Å². The summed E-state index contributed by atoms with van der Waals surface area (Å²) in [4.78, 5) is 15.6. The second-order valence-corrected chi connectivity index (χ2v) is 9.23. The molecule has 0 spiro atoms. The first-order chi connectivity index (χ1) is 14.5. The summed E-state index contributed by atoms with van der Waals surface area (Å²) >= 11 is 13.6. The summed E-state index contributed by atoms with van der Waals surface area (Å²) in [6.07, 6.45) is 0. The summed E-state index contributed by atoms with van der Waals surface area (Å²) in [5, 5.41) is 3.86. The number of ether oxygens (including phenoxy) is 2. The van der Waals surface area contributed by atoms with Crippen LogP contribution < -0.4 is 10.1 Å². The molecule has 1 aliphatic rings. The Morgan fingerprint density at radius 1 is 1.23 bits per heavy atom. The standard InChI is InChI=1S/C22H26Cl2N2O3S/c1-16(30-21-14-18(23)5-6-20(21)24)22(27)25-15-17-3-2-4-19(13-17)29-12-9-26-7-10-28-11-8-26/h2-6,13-14,16H,7-12,15H2,1H3,(H,25,27). The number of thioether (sulfide) groups is 1. The average Bonchev–Trinajstić information content (AvgIpc) is 2.75. The highest BCUT2D eigenvalue weighted by Gasteiger charge is 2.16. The van der Waals surface area contributed by atoms with E-state index in [1.165, 1.54) is 11.8 Å². The lowest BCUT2D eigenvalue weighted by Crippen LogP contribution is -2.38. The van der Waals surface area contributed by atoms with Crippen molar-refractivity contribution in [2.45, 2.75) is 23.6 Å². The molecule has 1 amide bonds. The number of carbonyl (C=O) groups is 1. The molecule has 2 aromatic rings. The van der Waals surface area contributed by atoms with Crippen molar-refractivity contribution in [3.8, 4) is 5.75 Å². The fourth-order valence-corrected chi connectivity index (χ4v) is 4.44. The van der Waals surface area contributed by atoms with Gasteiger partial charge in [0.25, 0.3) is 0 Å². The van der Waals surface area contributed by atoms with Gasteiger partial charge in [-0.15, -0.1) is 11.8 Å². The van der Waals surface area contributed by atoms with Crippen molar-refractivity contribution < 1.29 is 14.3 Å². The molecule has 8 heteroatoms. The van der Waals surface area contributed by atoms with E-state index in [1.807, 2.05) is 31.2 Å². The maximum absolute atomic E-state index is 12.5. The van der Waals surface area contributed by atoms with Crippen LogP contribution in [0.25, 0.3) is 0 Å². The Morgan fingerprint density at radius 2 is 2.03 bits per heavy atom. The summed E-state index contributed by atoms with van der Waals surface area (Å²) in [7, 11) is 0. The van der Waals surface area contributed by atoms with E-state index >= 15 is 0 Å². The van der Waals surface area contributed by atoms with Crippen LogP contribution in [-0.4, -0.2) is 55.5 Å². The van der Waals surface area contributed by atoms with Gasteiger partial charge < -0.3 is 14.8 Å². The van der Waals surface area contributed by atoms with Crippen LogP contribution in [0, 0.1) is 0 Å². The lowest BCUT2D eigenvalue weighted by Gasteiger charge is -2.26. The van der Waals surface area contributed by atoms with E-state index in [4.69, 9.17) is 32.7 Å². The lowest BCUT2D eigenvalue weighted by molar-refractivity contribution is -0.120. The molecule has 5 nitrogen and oxygen atoms in total. The second-order valence-electron chi connectivity index (χ2n) is 7.00. The van der Waals surface area contributed by atoms with Crippen molar-refractivity contribution in [3.05, 3.63) is 58.1 Å². The molecule has 0 radical (unpaired) electrons. The highest BCUT2D eigenvalue weighted by Crippen LogP contribution is 2.32. The van der Waals surface area contributed by atoms with Crippen LogP contribution in [0.5, 0.6) is 5.75 Å². The molecule has 2 aromatic carbocycles. The van der Waals surface area contributed by atoms with Gasteiger partial charge in [-0.2, -0.15) is 0 Å². The van der Waals surface area contributed by atoms with Crippen molar-refractivity contribution in [1.29, 1.82) is 0 Å². The molecule has 1 aliphatic heterocycles. The van der Waals surface area contributed by atoms with E-state index < -0.39 is 0 Å². The van der Waals surface area contributed by atoms with Gasteiger partial charge in [0.05, 0.1) is 23.5 Å². The molecule has 1 heterocycles. The number of carbonyl (C=O) groups excluding carboxylic acids is 1. The fraction of sp³-hybridized carbons (Fsp3) is 0.409. The monoisotopic (exact) mass is 468 g/mol. The number of amides is 1. The summed E-state index contributed by atoms with van der Waals surface area (Å²) in [6, 6.07) is 13.1. The van der Waals surface area contributed by atoms with Gasteiger partial charge in [-0.1, -0.05) is 35.3 Å². The van der Waals surface area contributed by atoms with Gasteiger partial charge in [0.15, 0.2) is 0 Å². The highest BCUT2D eigenvalue weighted by atomic mass is 35.5. The molecule has 0 saturated carbocycles. The molecule has 1 saturated heterocycles. The van der Waals surface area contributed by atoms with Crippen LogP contribution in [0.15, 0.2) is 47.4 Å². The smallest absolute Gasteiger partial charge is 0.233 e. The maximum atomic E-state index is 12.5. The van der Waals surface area contributed by atoms with Gasteiger partial charge in [-0.05, 0) is 42.8 Å². The zero-order valence-electron chi connectivity index (χ0n) is 16.9. The molecule has 0 bridgehead atoms. The van der Waals surface area contributed by atoms with E-state index in [0.717, 1.165) is 49.1 Å². The first-order valence-electron chi connectivity index (χ1n) is 9.92. The van der Waals surface area contributed by atoms with Crippen molar-refractivity contribution >= 4 is 40.9 Å². The zero-order valence-corrected chi connectivity index (χ0v) is 19.2. The highest BCUT2D eigenvalue weighted by molar-refractivity contribution is 8.00. The van der Waals surface area contributed by atoms with Gasteiger partial charge in [-0.3, -0.25) is 9.69 Å². The topological polar surface area (TPSA) is 50.8 Å².